The van der Waals surface area contributed by atoms with Gasteiger partial charge in [0.15, 0.2) is 0 Å². The molecule has 0 saturated heterocycles. The van der Waals surface area contributed by atoms with Crippen molar-refractivity contribution < 1.29 is 19.5 Å². The van der Waals surface area contributed by atoms with Crippen LogP contribution in [0.15, 0.2) is 24.3 Å². The first kappa shape index (κ1) is 14.2. The molecule has 0 atom stereocenters. The molecule has 0 radical (unpaired) electrons. The van der Waals surface area contributed by atoms with E-state index in [1.54, 1.807) is 26.0 Å². The molecule has 3 N–H and O–H groups in total. The van der Waals surface area contributed by atoms with Gasteiger partial charge in [-0.15, -0.1) is 0 Å². The molecule has 0 spiro atoms. The minimum Gasteiger partial charge on any atom is -0.508 e. The summed E-state index contributed by atoms with van der Waals surface area (Å²) >= 11 is 0. The Bertz CT molecular complexity index is 403. The molecule has 0 saturated carbocycles. The summed E-state index contributed by atoms with van der Waals surface area (Å²) in [6.45, 7) is 3.59. The van der Waals surface area contributed by atoms with Gasteiger partial charge in [-0.1, -0.05) is 26.0 Å². The maximum absolute atomic E-state index is 11.6. The van der Waals surface area contributed by atoms with Crippen LogP contribution in [0.2, 0.25) is 0 Å². The molecule has 4 nitrogen and oxygen atoms in total. The first-order valence-corrected chi connectivity index (χ1v) is 7.29. The topological polar surface area (TPSA) is 77.8 Å². The van der Waals surface area contributed by atoms with Crippen molar-refractivity contribution in [1.82, 2.24) is 0 Å². The van der Waals surface area contributed by atoms with Gasteiger partial charge in [-0.05, 0) is 37.0 Å². The Morgan fingerprint density at radius 3 is 1.94 bits per heavy atom. The Morgan fingerprint density at radius 2 is 1.59 bits per heavy atom. The second-order valence-electron chi connectivity index (χ2n) is 4.32. The highest BCUT2D eigenvalue weighted by Crippen LogP contribution is 2.56. The Labute approximate surface area is 101 Å². The van der Waals surface area contributed by atoms with Crippen LogP contribution in [-0.4, -0.2) is 20.0 Å². The van der Waals surface area contributed by atoms with E-state index >= 15 is 0 Å². The molecule has 0 heterocycles. The molecule has 0 aliphatic rings. The standard InChI is InChI=1S/C12H19O4P/c1-3-12(4-2,17(14,15)16)9-10-5-7-11(13)8-6-10/h5-8,13H,3-4,9H2,1-2H3,(H2,14,15,16). The molecular weight excluding hydrogens is 239 g/mol. The number of rotatable bonds is 5. The van der Waals surface area contributed by atoms with E-state index in [1.165, 1.54) is 12.1 Å². The predicted octanol–water partition coefficient (Wildman–Crippen LogP) is 2.67. The molecule has 17 heavy (non-hydrogen) atoms. The van der Waals surface area contributed by atoms with Gasteiger partial charge in [0.05, 0.1) is 5.16 Å². The second-order valence-corrected chi connectivity index (χ2v) is 6.36. The van der Waals surface area contributed by atoms with Crippen LogP contribution in [-0.2, 0) is 11.0 Å². The van der Waals surface area contributed by atoms with Crippen molar-refractivity contribution in [2.24, 2.45) is 0 Å². The number of phenols is 1. The molecular formula is C12H19O4P. The minimum absolute atomic E-state index is 0.156. The summed E-state index contributed by atoms with van der Waals surface area (Å²) in [7, 11) is -4.15. The smallest absolute Gasteiger partial charge is 0.331 e. The molecule has 1 aromatic carbocycles. The number of aromatic hydroxyl groups is 1. The third-order valence-electron chi connectivity index (χ3n) is 3.40. The summed E-state index contributed by atoms with van der Waals surface area (Å²) in [6.07, 6.45) is 1.17. The molecule has 0 bridgehead atoms. The first-order chi connectivity index (χ1) is 7.84. The SMILES string of the molecule is CCC(CC)(Cc1ccc(O)cc1)P(=O)(O)O. The van der Waals surface area contributed by atoms with Crippen LogP contribution in [0.25, 0.3) is 0 Å². The lowest BCUT2D eigenvalue weighted by molar-refractivity contribution is 0.311. The summed E-state index contributed by atoms with van der Waals surface area (Å²) in [6, 6.07) is 6.46. The van der Waals surface area contributed by atoms with Gasteiger partial charge in [0.2, 0.25) is 0 Å². The molecule has 96 valence electrons. The van der Waals surface area contributed by atoms with Crippen molar-refractivity contribution in [2.75, 3.05) is 0 Å². The van der Waals surface area contributed by atoms with Crippen molar-refractivity contribution in [3.8, 4) is 5.75 Å². The number of phenolic OH excluding ortho intramolecular Hbond substituents is 1. The van der Waals surface area contributed by atoms with Gasteiger partial charge in [0, 0.05) is 0 Å². The number of benzene rings is 1. The van der Waals surface area contributed by atoms with Gasteiger partial charge in [-0.25, -0.2) is 0 Å². The summed E-state index contributed by atoms with van der Waals surface area (Å²) in [5.74, 6) is 0.156. The van der Waals surface area contributed by atoms with E-state index in [0.29, 0.717) is 19.3 Å². The summed E-state index contributed by atoms with van der Waals surface area (Å²) in [5, 5.41) is 8.18. The minimum atomic E-state index is -4.15. The van der Waals surface area contributed by atoms with E-state index < -0.39 is 12.8 Å². The fourth-order valence-electron chi connectivity index (χ4n) is 2.01. The zero-order valence-corrected chi connectivity index (χ0v) is 11.0. The van der Waals surface area contributed by atoms with E-state index in [4.69, 9.17) is 0 Å². The quantitative estimate of drug-likeness (QED) is 0.709. The highest BCUT2D eigenvalue weighted by atomic mass is 31.2. The monoisotopic (exact) mass is 258 g/mol. The maximum atomic E-state index is 11.6. The van der Waals surface area contributed by atoms with Crippen molar-refractivity contribution in [1.29, 1.82) is 0 Å². The van der Waals surface area contributed by atoms with Gasteiger partial charge in [-0.3, -0.25) is 4.57 Å². The molecule has 1 aromatic rings. The van der Waals surface area contributed by atoms with Crippen molar-refractivity contribution >= 4 is 7.60 Å². The molecule has 0 aromatic heterocycles. The van der Waals surface area contributed by atoms with Gasteiger partial charge in [0.1, 0.15) is 5.75 Å². The van der Waals surface area contributed by atoms with Crippen molar-refractivity contribution in [2.45, 2.75) is 38.3 Å². The highest BCUT2D eigenvalue weighted by Gasteiger charge is 2.43. The Balaban J connectivity index is 3.03. The van der Waals surface area contributed by atoms with Crippen LogP contribution in [0.4, 0.5) is 0 Å². The van der Waals surface area contributed by atoms with Gasteiger partial charge in [-0.2, -0.15) is 0 Å². The van der Waals surface area contributed by atoms with Crippen LogP contribution in [0, 0.1) is 0 Å². The van der Waals surface area contributed by atoms with Crippen LogP contribution >= 0.6 is 7.60 Å². The van der Waals surface area contributed by atoms with Gasteiger partial charge < -0.3 is 14.9 Å². The molecule has 0 amide bonds. The highest BCUT2D eigenvalue weighted by molar-refractivity contribution is 7.53. The third-order valence-corrected chi connectivity index (χ3v) is 5.43. The lowest BCUT2D eigenvalue weighted by Gasteiger charge is -2.32. The van der Waals surface area contributed by atoms with E-state index in [2.05, 4.69) is 0 Å². The van der Waals surface area contributed by atoms with Gasteiger partial charge >= 0.3 is 7.60 Å². The molecule has 1 rings (SSSR count). The summed E-state index contributed by atoms with van der Waals surface area (Å²) in [5.41, 5.74) is 0.829. The second kappa shape index (κ2) is 5.21. The van der Waals surface area contributed by atoms with Gasteiger partial charge in [0.25, 0.3) is 0 Å². The molecule has 0 fully saturated rings. The average Bonchev–Trinajstić information content (AvgIpc) is 2.27. The van der Waals surface area contributed by atoms with E-state index in [9.17, 15) is 19.5 Å². The Hall–Kier alpha value is -0.830. The first-order valence-electron chi connectivity index (χ1n) is 5.68. The van der Waals surface area contributed by atoms with Crippen LogP contribution in [0.5, 0.6) is 5.75 Å². The Kier molecular flexibility index (Phi) is 4.36. The number of hydrogen-bond acceptors (Lipinski definition) is 2. The normalized spacial score (nSPS) is 12.7. The summed E-state index contributed by atoms with van der Waals surface area (Å²) in [4.78, 5) is 19.0. The zero-order valence-electron chi connectivity index (χ0n) is 10.1. The molecule has 5 heteroatoms. The third kappa shape index (κ3) is 3.09. The Morgan fingerprint density at radius 1 is 1.12 bits per heavy atom. The average molecular weight is 258 g/mol. The maximum Gasteiger partial charge on any atom is 0.331 e. The molecule has 0 aliphatic heterocycles. The summed E-state index contributed by atoms with van der Waals surface area (Å²) < 4.78 is 11.6. The number of hydrogen-bond donors (Lipinski definition) is 3. The van der Waals surface area contributed by atoms with E-state index in [1.807, 2.05) is 0 Å². The fourth-order valence-corrected chi connectivity index (χ4v) is 3.22. The van der Waals surface area contributed by atoms with Crippen LogP contribution < -0.4 is 0 Å². The molecule has 0 aliphatic carbocycles. The largest absolute Gasteiger partial charge is 0.508 e. The lowest BCUT2D eigenvalue weighted by Crippen LogP contribution is -2.30. The zero-order chi connectivity index (χ0) is 13.1. The van der Waals surface area contributed by atoms with Crippen molar-refractivity contribution in [3.63, 3.8) is 0 Å². The van der Waals surface area contributed by atoms with Crippen LogP contribution in [0.3, 0.4) is 0 Å². The predicted molar refractivity (Wildman–Crippen MR) is 67.2 cm³/mol. The van der Waals surface area contributed by atoms with Crippen molar-refractivity contribution in [3.05, 3.63) is 29.8 Å². The molecule has 0 unspecified atom stereocenters. The van der Waals surface area contributed by atoms with E-state index in [0.717, 1.165) is 5.56 Å². The van der Waals surface area contributed by atoms with Crippen LogP contribution in [0.1, 0.15) is 32.3 Å². The lowest BCUT2D eigenvalue weighted by atomic mass is 9.93. The fraction of sp³-hybridized carbons (Fsp3) is 0.500. The van der Waals surface area contributed by atoms with E-state index in [-0.39, 0.29) is 5.75 Å².